The molecule has 2 heterocycles. The lowest BCUT2D eigenvalue weighted by Crippen LogP contribution is -2.15. The highest BCUT2D eigenvalue weighted by Crippen LogP contribution is 2.21. The van der Waals surface area contributed by atoms with Gasteiger partial charge in [-0.15, -0.1) is 0 Å². The molecular formula is C19H25N5O. The molecule has 25 heavy (non-hydrogen) atoms. The zero-order valence-corrected chi connectivity index (χ0v) is 15.5. The Bertz CT molecular complexity index is 864. The van der Waals surface area contributed by atoms with Gasteiger partial charge in [-0.1, -0.05) is 18.2 Å². The van der Waals surface area contributed by atoms with E-state index in [0.717, 1.165) is 40.8 Å². The lowest BCUT2D eigenvalue weighted by atomic mass is 10.2. The summed E-state index contributed by atoms with van der Waals surface area (Å²) in [7, 11) is 3.58. The van der Waals surface area contributed by atoms with Crippen LogP contribution in [0.3, 0.4) is 0 Å². The first kappa shape index (κ1) is 17.2. The minimum atomic E-state index is 0.707. The number of aromatic nitrogens is 4. The molecule has 0 atom stereocenters. The summed E-state index contributed by atoms with van der Waals surface area (Å²) in [5.74, 6) is 0.804. The standard InChI is InChI=1S/C19H25N5O/c1-13-17(15(3)24(22-13)16-9-7-6-8-10-16)11-20-12-18-14(2)21-23(4)19(18)25-5/h6-10,20H,11-12H2,1-5H3. The molecule has 1 N–H and O–H groups in total. The van der Waals surface area contributed by atoms with Crippen molar-refractivity contribution in [2.75, 3.05) is 7.11 Å². The van der Waals surface area contributed by atoms with Crippen LogP contribution in [0.5, 0.6) is 5.88 Å². The summed E-state index contributed by atoms with van der Waals surface area (Å²) in [5.41, 5.74) is 6.59. The fourth-order valence-corrected chi connectivity index (χ4v) is 3.20. The molecule has 0 aliphatic carbocycles. The molecule has 0 radical (unpaired) electrons. The van der Waals surface area contributed by atoms with Gasteiger partial charge in [0.15, 0.2) is 0 Å². The van der Waals surface area contributed by atoms with Crippen molar-refractivity contribution in [2.24, 2.45) is 7.05 Å². The molecular weight excluding hydrogens is 314 g/mol. The van der Waals surface area contributed by atoms with Crippen molar-refractivity contribution < 1.29 is 4.74 Å². The van der Waals surface area contributed by atoms with E-state index in [2.05, 4.69) is 36.4 Å². The molecule has 3 aromatic rings. The van der Waals surface area contributed by atoms with E-state index >= 15 is 0 Å². The number of methoxy groups -OCH3 is 1. The number of ether oxygens (including phenoxy) is 1. The Balaban J connectivity index is 1.76. The van der Waals surface area contributed by atoms with Crippen molar-refractivity contribution >= 4 is 0 Å². The third-order valence-electron chi connectivity index (χ3n) is 4.53. The van der Waals surface area contributed by atoms with Gasteiger partial charge in [-0.2, -0.15) is 10.2 Å². The number of para-hydroxylation sites is 1. The highest BCUT2D eigenvalue weighted by atomic mass is 16.5. The molecule has 0 spiro atoms. The summed E-state index contributed by atoms with van der Waals surface area (Å²) in [6.45, 7) is 7.63. The number of rotatable bonds is 6. The third kappa shape index (κ3) is 3.30. The zero-order valence-electron chi connectivity index (χ0n) is 15.5. The Kier molecular flexibility index (Phi) is 4.90. The van der Waals surface area contributed by atoms with Gasteiger partial charge in [-0.3, -0.25) is 0 Å². The van der Waals surface area contributed by atoms with E-state index in [0.29, 0.717) is 6.54 Å². The first-order valence-electron chi connectivity index (χ1n) is 8.40. The number of nitrogens with one attached hydrogen (secondary N) is 1. The number of benzene rings is 1. The average molecular weight is 339 g/mol. The van der Waals surface area contributed by atoms with Crippen LogP contribution in [0.15, 0.2) is 30.3 Å². The molecule has 2 aromatic heterocycles. The summed E-state index contributed by atoms with van der Waals surface area (Å²) < 4.78 is 9.23. The Hall–Kier alpha value is -2.60. The van der Waals surface area contributed by atoms with Crippen LogP contribution >= 0.6 is 0 Å². The maximum atomic E-state index is 5.45. The van der Waals surface area contributed by atoms with Gasteiger partial charge >= 0.3 is 0 Å². The van der Waals surface area contributed by atoms with Gasteiger partial charge in [0.1, 0.15) is 0 Å². The van der Waals surface area contributed by atoms with Crippen LogP contribution in [0.4, 0.5) is 0 Å². The topological polar surface area (TPSA) is 56.9 Å². The molecule has 1 aromatic carbocycles. The average Bonchev–Trinajstić information content (AvgIpc) is 3.04. The second-order valence-electron chi connectivity index (χ2n) is 6.20. The maximum Gasteiger partial charge on any atom is 0.216 e. The normalized spacial score (nSPS) is 11.1. The van der Waals surface area contributed by atoms with Crippen molar-refractivity contribution in [1.82, 2.24) is 24.9 Å². The molecule has 0 saturated carbocycles. The van der Waals surface area contributed by atoms with Crippen molar-refractivity contribution in [3.63, 3.8) is 0 Å². The second-order valence-corrected chi connectivity index (χ2v) is 6.20. The van der Waals surface area contributed by atoms with Gasteiger partial charge in [0.2, 0.25) is 5.88 Å². The van der Waals surface area contributed by atoms with Gasteiger partial charge in [0, 0.05) is 31.4 Å². The molecule has 3 rings (SSSR count). The fourth-order valence-electron chi connectivity index (χ4n) is 3.20. The molecule has 132 valence electrons. The lowest BCUT2D eigenvalue weighted by molar-refractivity contribution is 0.368. The van der Waals surface area contributed by atoms with Gasteiger partial charge in [0.05, 0.1) is 29.7 Å². The van der Waals surface area contributed by atoms with E-state index in [4.69, 9.17) is 9.84 Å². The van der Waals surface area contributed by atoms with Crippen LogP contribution in [-0.4, -0.2) is 26.7 Å². The third-order valence-corrected chi connectivity index (χ3v) is 4.53. The second kappa shape index (κ2) is 7.11. The molecule has 0 bridgehead atoms. The number of hydrogen-bond donors (Lipinski definition) is 1. The molecule has 0 unspecified atom stereocenters. The summed E-state index contributed by atoms with van der Waals surface area (Å²) in [6.07, 6.45) is 0. The van der Waals surface area contributed by atoms with Gasteiger partial charge in [0.25, 0.3) is 0 Å². The summed E-state index contributed by atoms with van der Waals surface area (Å²) in [5, 5.41) is 12.6. The quantitative estimate of drug-likeness (QED) is 0.750. The monoisotopic (exact) mass is 339 g/mol. The van der Waals surface area contributed by atoms with Crippen LogP contribution in [0, 0.1) is 20.8 Å². The van der Waals surface area contributed by atoms with E-state index in [1.807, 2.05) is 36.9 Å². The fraction of sp³-hybridized carbons (Fsp3) is 0.368. The van der Waals surface area contributed by atoms with Crippen molar-refractivity contribution in [3.8, 4) is 11.6 Å². The van der Waals surface area contributed by atoms with Crippen molar-refractivity contribution in [3.05, 3.63) is 58.5 Å². The van der Waals surface area contributed by atoms with Crippen LogP contribution in [0.25, 0.3) is 5.69 Å². The summed E-state index contributed by atoms with van der Waals surface area (Å²) >= 11 is 0. The first-order valence-corrected chi connectivity index (χ1v) is 8.40. The Labute approximate surface area is 148 Å². The number of hydrogen-bond acceptors (Lipinski definition) is 4. The van der Waals surface area contributed by atoms with Gasteiger partial charge in [-0.25, -0.2) is 9.36 Å². The van der Waals surface area contributed by atoms with Crippen LogP contribution in [-0.2, 0) is 20.1 Å². The largest absolute Gasteiger partial charge is 0.481 e. The van der Waals surface area contributed by atoms with Crippen molar-refractivity contribution in [1.29, 1.82) is 0 Å². The SMILES string of the molecule is COc1c(CNCc2c(C)nn(-c3ccccc3)c2C)c(C)nn1C. The smallest absolute Gasteiger partial charge is 0.216 e. The van der Waals surface area contributed by atoms with E-state index < -0.39 is 0 Å². The first-order chi connectivity index (χ1) is 12.0. The molecule has 0 amide bonds. The van der Waals surface area contributed by atoms with E-state index in [1.165, 1.54) is 5.56 Å². The highest BCUT2D eigenvalue weighted by Gasteiger charge is 2.15. The molecule has 6 heteroatoms. The van der Waals surface area contributed by atoms with Crippen LogP contribution in [0.2, 0.25) is 0 Å². The molecule has 6 nitrogen and oxygen atoms in total. The lowest BCUT2D eigenvalue weighted by Gasteiger charge is -2.08. The predicted octanol–water partition coefficient (Wildman–Crippen LogP) is 2.83. The number of nitrogens with zero attached hydrogens (tertiary/aromatic N) is 4. The van der Waals surface area contributed by atoms with Crippen molar-refractivity contribution in [2.45, 2.75) is 33.9 Å². The maximum absolute atomic E-state index is 5.45. The predicted molar refractivity (Wildman–Crippen MR) is 98.1 cm³/mol. The Morgan fingerprint density at radius 3 is 2.28 bits per heavy atom. The molecule has 0 aliphatic heterocycles. The van der Waals surface area contributed by atoms with Gasteiger partial charge < -0.3 is 10.1 Å². The summed E-state index contributed by atoms with van der Waals surface area (Å²) in [6, 6.07) is 10.2. The molecule has 0 saturated heterocycles. The van der Waals surface area contributed by atoms with Gasteiger partial charge in [-0.05, 0) is 32.9 Å². The van der Waals surface area contributed by atoms with Crippen LogP contribution in [0.1, 0.15) is 28.2 Å². The molecule has 0 fully saturated rings. The Morgan fingerprint density at radius 1 is 0.960 bits per heavy atom. The van der Waals surface area contributed by atoms with E-state index in [1.54, 1.807) is 11.8 Å². The zero-order chi connectivity index (χ0) is 18.0. The minimum Gasteiger partial charge on any atom is -0.481 e. The minimum absolute atomic E-state index is 0.707. The summed E-state index contributed by atoms with van der Waals surface area (Å²) in [4.78, 5) is 0. The highest BCUT2D eigenvalue weighted by molar-refractivity contribution is 5.37. The van der Waals surface area contributed by atoms with E-state index in [9.17, 15) is 0 Å². The Morgan fingerprint density at radius 2 is 1.60 bits per heavy atom. The number of aryl methyl sites for hydroxylation is 3. The van der Waals surface area contributed by atoms with E-state index in [-0.39, 0.29) is 0 Å². The molecule has 0 aliphatic rings. The van der Waals surface area contributed by atoms with Crippen LogP contribution < -0.4 is 10.1 Å².